The number of para-hydroxylation sites is 2. The van der Waals surface area contributed by atoms with Crippen LogP contribution in [-0.2, 0) is 29.0 Å². The average Bonchev–Trinajstić information content (AvgIpc) is 3.35. The lowest BCUT2D eigenvalue weighted by Gasteiger charge is -2.33. The van der Waals surface area contributed by atoms with Crippen LogP contribution in [0, 0.1) is 0 Å². The third kappa shape index (κ3) is 5.23. The Hall–Kier alpha value is -3.33. The summed E-state index contributed by atoms with van der Waals surface area (Å²) in [4.78, 5) is 31.0. The van der Waals surface area contributed by atoms with E-state index in [9.17, 15) is 4.79 Å². The standard InChI is InChI=1S/C32H32N4O2S2/c1-4-5-16-25-24-18-38-32(2,3)17-23(24)27-28-29(40-30(27)35-25)31(34-20-33-28)39-19-26(37)36(21-12-8-6-9-13-21)22-14-10-7-11-15-22/h6-15,20H,4-5,16-19H2,1-3H3. The largest absolute Gasteiger partial charge is 0.370 e. The molecule has 0 atom stereocenters. The number of amides is 1. The molecule has 5 aromatic rings. The van der Waals surface area contributed by atoms with Gasteiger partial charge in [0.15, 0.2) is 0 Å². The van der Waals surface area contributed by atoms with E-state index in [0.29, 0.717) is 6.61 Å². The number of hydrogen-bond acceptors (Lipinski definition) is 7. The lowest BCUT2D eigenvalue weighted by Crippen LogP contribution is -2.32. The van der Waals surface area contributed by atoms with Crippen molar-refractivity contribution < 1.29 is 9.53 Å². The van der Waals surface area contributed by atoms with Crippen molar-refractivity contribution in [1.82, 2.24) is 15.0 Å². The molecular weight excluding hydrogens is 537 g/mol. The molecule has 0 bridgehead atoms. The van der Waals surface area contributed by atoms with E-state index in [1.165, 1.54) is 22.9 Å². The minimum absolute atomic E-state index is 0.00784. The van der Waals surface area contributed by atoms with Crippen molar-refractivity contribution >= 4 is 60.8 Å². The molecule has 0 N–H and O–H groups in total. The van der Waals surface area contributed by atoms with E-state index in [4.69, 9.17) is 14.7 Å². The number of aryl methyl sites for hydroxylation is 1. The number of carbonyl (C=O) groups excluding carboxylic acids is 1. The van der Waals surface area contributed by atoms with Crippen LogP contribution >= 0.6 is 23.1 Å². The van der Waals surface area contributed by atoms with Crippen LogP contribution in [0.4, 0.5) is 11.4 Å². The summed E-state index contributed by atoms with van der Waals surface area (Å²) in [5, 5.41) is 1.94. The quantitative estimate of drug-likeness (QED) is 0.140. The Balaban J connectivity index is 1.37. The third-order valence-corrected chi connectivity index (χ3v) is 9.44. The maximum absolute atomic E-state index is 13.7. The van der Waals surface area contributed by atoms with Gasteiger partial charge in [-0.15, -0.1) is 11.3 Å². The number of carbonyl (C=O) groups is 1. The number of aromatic nitrogens is 3. The first kappa shape index (κ1) is 26.9. The Labute approximate surface area is 242 Å². The Bertz CT molecular complexity index is 1630. The Morgan fingerprint density at radius 1 is 1.02 bits per heavy atom. The Kier molecular flexibility index (Phi) is 7.57. The molecule has 6 nitrogen and oxygen atoms in total. The molecule has 3 aromatic heterocycles. The number of pyridine rings is 1. The van der Waals surface area contributed by atoms with Gasteiger partial charge in [0.1, 0.15) is 16.2 Å². The molecule has 4 heterocycles. The molecule has 1 amide bonds. The summed E-state index contributed by atoms with van der Waals surface area (Å²) in [6.07, 6.45) is 5.61. The van der Waals surface area contributed by atoms with Gasteiger partial charge in [-0.1, -0.05) is 61.5 Å². The highest BCUT2D eigenvalue weighted by atomic mass is 32.2. The number of hydrogen-bond donors (Lipinski definition) is 0. The minimum atomic E-state index is -0.243. The van der Waals surface area contributed by atoms with E-state index in [1.807, 2.05) is 60.7 Å². The fourth-order valence-corrected chi connectivity index (χ4v) is 7.40. The SMILES string of the molecule is CCCCc1nc2sc3c(SCC(=O)N(c4ccccc4)c4ccccc4)ncnc3c2c2c1COC(C)(C)C2. The summed E-state index contributed by atoms with van der Waals surface area (Å²) in [6.45, 7) is 7.09. The summed E-state index contributed by atoms with van der Waals surface area (Å²) >= 11 is 3.10. The maximum atomic E-state index is 13.7. The van der Waals surface area contributed by atoms with Gasteiger partial charge in [0, 0.05) is 34.4 Å². The fraction of sp³-hybridized carbons (Fsp3) is 0.312. The summed E-state index contributed by atoms with van der Waals surface area (Å²) in [5.41, 5.74) is 6.05. The average molecular weight is 569 g/mol. The van der Waals surface area contributed by atoms with Crippen LogP contribution in [0.5, 0.6) is 0 Å². The minimum Gasteiger partial charge on any atom is -0.370 e. The fourth-order valence-electron chi connectivity index (χ4n) is 5.29. The predicted octanol–water partition coefficient (Wildman–Crippen LogP) is 7.89. The number of rotatable bonds is 8. The first-order valence-corrected chi connectivity index (χ1v) is 15.5. The van der Waals surface area contributed by atoms with Gasteiger partial charge in [-0.3, -0.25) is 9.69 Å². The molecule has 1 aliphatic rings. The first-order valence-electron chi connectivity index (χ1n) is 13.7. The van der Waals surface area contributed by atoms with Gasteiger partial charge >= 0.3 is 0 Å². The van der Waals surface area contributed by atoms with E-state index in [-0.39, 0.29) is 17.3 Å². The number of benzene rings is 2. The normalized spacial score (nSPS) is 14.4. The zero-order chi connectivity index (χ0) is 27.7. The molecule has 6 rings (SSSR count). The van der Waals surface area contributed by atoms with Gasteiger partial charge in [0.2, 0.25) is 5.91 Å². The van der Waals surface area contributed by atoms with Crippen LogP contribution in [0.15, 0.2) is 72.0 Å². The molecule has 0 unspecified atom stereocenters. The molecule has 0 fully saturated rings. The molecule has 0 spiro atoms. The highest BCUT2D eigenvalue weighted by Crippen LogP contribution is 2.43. The Morgan fingerprint density at radius 3 is 2.40 bits per heavy atom. The van der Waals surface area contributed by atoms with Crippen LogP contribution < -0.4 is 4.90 Å². The number of nitrogens with zero attached hydrogens (tertiary/aromatic N) is 4. The summed E-state index contributed by atoms with van der Waals surface area (Å²) in [7, 11) is 0. The molecule has 0 aliphatic carbocycles. The van der Waals surface area contributed by atoms with E-state index in [0.717, 1.165) is 68.2 Å². The van der Waals surface area contributed by atoms with Crippen molar-refractivity contribution in [3.8, 4) is 0 Å². The molecule has 40 heavy (non-hydrogen) atoms. The lowest BCUT2D eigenvalue weighted by molar-refractivity contribution is -0.115. The second-order valence-electron chi connectivity index (χ2n) is 10.7. The van der Waals surface area contributed by atoms with Crippen LogP contribution in [0.2, 0.25) is 0 Å². The van der Waals surface area contributed by atoms with Crippen LogP contribution in [0.3, 0.4) is 0 Å². The van der Waals surface area contributed by atoms with Crippen molar-refractivity contribution in [3.63, 3.8) is 0 Å². The van der Waals surface area contributed by atoms with E-state index in [2.05, 4.69) is 25.8 Å². The van der Waals surface area contributed by atoms with Crippen molar-refractivity contribution in [1.29, 1.82) is 0 Å². The molecule has 1 aliphatic heterocycles. The molecule has 0 radical (unpaired) electrons. The summed E-state index contributed by atoms with van der Waals surface area (Å²) in [6, 6.07) is 19.5. The zero-order valence-corrected chi connectivity index (χ0v) is 24.6. The first-order chi connectivity index (χ1) is 19.4. The van der Waals surface area contributed by atoms with Gasteiger partial charge in [0.05, 0.1) is 28.2 Å². The van der Waals surface area contributed by atoms with Gasteiger partial charge < -0.3 is 4.74 Å². The van der Waals surface area contributed by atoms with Gasteiger partial charge in [-0.2, -0.15) is 0 Å². The second-order valence-corrected chi connectivity index (χ2v) is 12.6. The topological polar surface area (TPSA) is 68.2 Å². The smallest absolute Gasteiger partial charge is 0.241 e. The van der Waals surface area contributed by atoms with Gasteiger partial charge in [0.25, 0.3) is 0 Å². The monoisotopic (exact) mass is 568 g/mol. The van der Waals surface area contributed by atoms with Crippen molar-refractivity contribution in [2.45, 2.75) is 63.7 Å². The third-order valence-electron chi connectivity index (χ3n) is 7.26. The number of thioether (sulfide) groups is 1. The Morgan fingerprint density at radius 2 is 1.73 bits per heavy atom. The van der Waals surface area contributed by atoms with Crippen LogP contribution in [0.1, 0.15) is 50.4 Å². The second kappa shape index (κ2) is 11.3. The van der Waals surface area contributed by atoms with Gasteiger partial charge in [-0.25, -0.2) is 15.0 Å². The van der Waals surface area contributed by atoms with Gasteiger partial charge in [-0.05, 0) is 56.5 Å². The number of ether oxygens (including phenoxy) is 1. The highest BCUT2D eigenvalue weighted by Gasteiger charge is 2.31. The van der Waals surface area contributed by atoms with Crippen molar-refractivity contribution in [2.24, 2.45) is 0 Å². The highest BCUT2D eigenvalue weighted by molar-refractivity contribution is 8.00. The molecule has 0 saturated carbocycles. The van der Waals surface area contributed by atoms with Crippen molar-refractivity contribution in [3.05, 3.63) is 83.8 Å². The maximum Gasteiger partial charge on any atom is 0.241 e. The summed E-state index contributed by atoms with van der Waals surface area (Å²) in [5.74, 6) is 0.240. The van der Waals surface area contributed by atoms with Crippen LogP contribution in [-0.4, -0.2) is 32.2 Å². The predicted molar refractivity (Wildman–Crippen MR) is 165 cm³/mol. The number of unbranched alkanes of at least 4 members (excludes halogenated alkanes) is 1. The molecular formula is C32H32N4O2S2. The number of thiophene rings is 1. The lowest BCUT2D eigenvalue weighted by atomic mass is 9.88. The molecule has 2 aromatic carbocycles. The molecule has 0 saturated heterocycles. The van der Waals surface area contributed by atoms with E-state index >= 15 is 0 Å². The van der Waals surface area contributed by atoms with Crippen molar-refractivity contribution in [2.75, 3.05) is 10.7 Å². The van der Waals surface area contributed by atoms with Crippen LogP contribution in [0.25, 0.3) is 20.4 Å². The zero-order valence-electron chi connectivity index (χ0n) is 23.0. The number of anilines is 2. The summed E-state index contributed by atoms with van der Waals surface area (Å²) < 4.78 is 7.21. The molecule has 8 heteroatoms. The number of fused-ring (bicyclic) bond motifs is 5. The van der Waals surface area contributed by atoms with E-state index < -0.39 is 0 Å². The molecule has 204 valence electrons. The van der Waals surface area contributed by atoms with E-state index in [1.54, 1.807) is 22.6 Å².